The maximum atomic E-state index is 11.9. The Labute approximate surface area is 58.2 Å². The third-order valence-corrected chi connectivity index (χ3v) is 0.733. The van der Waals surface area contributed by atoms with Crippen LogP contribution in [0, 0.1) is 17.3 Å². The highest BCUT2D eigenvalue weighted by molar-refractivity contribution is 5.02. The number of hydrogen-bond donors (Lipinski definition) is 1. The van der Waals surface area contributed by atoms with Crippen LogP contribution in [-0.4, -0.2) is 5.11 Å². The van der Waals surface area contributed by atoms with Crippen molar-refractivity contribution in [2.75, 3.05) is 0 Å². The summed E-state index contributed by atoms with van der Waals surface area (Å²) in [5, 5.41) is 13.8. The summed E-state index contributed by atoms with van der Waals surface area (Å²) in [5.74, 6) is -0.178. The van der Waals surface area contributed by atoms with Gasteiger partial charge in [0.1, 0.15) is 5.82 Å². The minimum Gasteiger partial charge on any atom is -0.443 e. The number of rotatable bonds is 0. The summed E-state index contributed by atoms with van der Waals surface area (Å²) in [6.07, 6.45) is 0.750. The second kappa shape index (κ2) is 5.57. The molecule has 1 rings (SSSR count). The molecule has 0 spiro atoms. The Hall–Kier alpha value is -1.56. The number of halogens is 1. The Kier molecular flexibility index (Phi) is 4.70. The molecule has 1 N–H and O–H groups in total. The fourth-order valence-corrected chi connectivity index (χ4v) is 0.415. The van der Waals surface area contributed by atoms with E-state index in [1.54, 1.807) is 18.2 Å². The highest BCUT2D eigenvalue weighted by atomic mass is 19.1. The molecule has 10 heavy (non-hydrogen) atoms. The summed E-state index contributed by atoms with van der Waals surface area (Å²) >= 11 is 0. The number of nitrogens with zero attached hydrogens (tertiary/aromatic N) is 1. The highest BCUT2D eigenvalue weighted by Crippen LogP contribution is 1.91. The van der Waals surface area contributed by atoms with Gasteiger partial charge >= 0.3 is 0 Å². The standard InChI is InChI=1S/C6H5F.CHNO/c7-6-4-2-1-3-5-6;2-1-3/h1-5H;3H. The van der Waals surface area contributed by atoms with Crippen molar-refractivity contribution >= 4 is 0 Å². The van der Waals surface area contributed by atoms with Crippen molar-refractivity contribution in [3.63, 3.8) is 0 Å². The predicted molar refractivity (Wildman–Crippen MR) is 33.9 cm³/mol. The van der Waals surface area contributed by atoms with Gasteiger partial charge in [-0.3, -0.25) is 0 Å². The quantitative estimate of drug-likeness (QED) is 0.555. The number of aliphatic hydroxyl groups excluding tert-OH is 1. The number of benzene rings is 1. The van der Waals surface area contributed by atoms with Gasteiger partial charge in [-0.2, -0.15) is 5.26 Å². The molecule has 0 radical (unpaired) electrons. The molecule has 0 atom stereocenters. The highest BCUT2D eigenvalue weighted by Gasteiger charge is 1.77. The first-order valence-electron chi connectivity index (χ1n) is 2.55. The van der Waals surface area contributed by atoms with E-state index in [0.717, 1.165) is 6.26 Å². The molecule has 0 aliphatic carbocycles. The SMILES string of the molecule is Fc1ccccc1.N#CO. The molecule has 1 aromatic rings. The van der Waals surface area contributed by atoms with Crippen LogP contribution in [0.4, 0.5) is 4.39 Å². The maximum absolute atomic E-state index is 11.9. The molecule has 0 heterocycles. The summed E-state index contributed by atoms with van der Waals surface area (Å²) < 4.78 is 11.9. The van der Waals surface area contributed by atoms with Gasteiger partial charge < -0.3 is 5.11 Å². The lowest BCUT2D eigenvalue weighted by Gasteiger charge is -1.78. The minimum absolute atomic E-state index is 0.178. The zero-order chi connectivity index (χ0) is 7.82. The smallest absolute Gasteiger partial charge is 0.283 e. The molecule has 0 aliphatic rings. The predicted octanol–water partition coefficient (Wildman–Crippen LogP) is 1.67. The van der Waals surface area contributed by atoms with Gasteiger partial charge in [0, 0.05) is 0 Å². The van der Waals surface area contributed by atoms with Crippen LogP contribution in [-0.2, 0) is 0 Å². The van der Waals surface area contributed by atoms with Crippen molar-refractivity contribution in [3.8, 4) is 6.26 Å². The van der Waals surface area contributed by atoms with E-state index >= 15 is 0 Å². The average molecular weight is 139 g/mol. The van der Waals surface area contributed by atoms with E-state index < -0.39 is 0 Å². The minimum atomic E-state index is -0.178. The molecule has 0 saturated heterocycles. The van der Waals surface area contributed by atoms with Crippen LogP contribution >= 0.6 is 0 Å². The fourth-order valence-electron chi connectivity index (χ4n) is 0.415. The first-order valence-corrected chi connectivity index (χ1v) is 2.55. The third-order valence-electron chi connectivity index (χ3n) is 0.733. The number of nitriles is 1. The third kappa shape index (κ3) is 4.60. The molecular formula is C7H6FNO. The van der Waals surface area contributed by atoms with E-state index in [4.69, 9.17) is 10.4 Å². The number of hydrogen-bond acceptors (Lipinski definition) is 2. The van der Waals surface area contributed by atoms with Crippen molar-refractivity contribution in [1.29, 1.82) is 5.26 Å². The molecule has 0 bridgehead atoms. The molecule has 0 amide bonds. The molecule has 0 saturated carbocycles. The second-order valence-electron chi connectivity index (χ2n) is 1.40. The van der Waals surface area contributed by atoms with E-state index in [2.05, 4.69) is 0 Å². The van der Waals surface area contributed by atoms with Crippen LogP contribution in [0.25, 0.3) is 0 Å². The molecular weight excluding hydrogens is 133 g/mol. The zero-order valence-corrected chi connectivity index (χ0v) is 5.16. The van der Waals surface area contributed by atoms with Gasteiger partial charge in [0.2, 0.25) is 0 Å². The normalized spacial score (nSPS) is 6.80. The monoisotopic (exact) mass is 139 g/mol. The zero-order valence-electron chi connectivity index (χ0n) is 5.16. The lowest BCUT2D eigenvalue weighted by atomic mass is 10.4. The van der Waals surface area contributed by atoms with E-state index in [0.29, 0.717) is 0 Å². The maximum Gasteiger partial charge on any atom is 0.283 e. The van der Waals surface area contributed by atoms with Gasteiger partial charge in [-0.05, 0) is 12.1 Å². The van der Waals surface area contributed by atoms with Gasteiger partial charge in [0.15, 0.2) is 0 Å². The van der Waals surface area contributed by atoms with Gasteiger partial charge in [0.25, 0.3) is 6.26 Å². The lowest BCUT2D eigenvalue weighted by molar-refractivity contribution is 0.503. The van der Waals surface area contributed by atoms with Gasteiger partial charge in [0.05, 0.1) is 0 Å². The van der Waals surface area contributed by atoms with Gasteiger partial charge in [-0.15, -0.1) is 0 Å². The average Bonchev–Trinajstić information content (AvgIpc) is 1.91. The van der Waals surface area contributed by atoms with E-state index in [1.807, 2.05) is 0 Å². The van der Waals surface area contributed by atoms with Crippen LogP contribution in [0.1, 0.15) is 0 Å². The molecule has 3 heteroatoms. The van der Waals surface area contributed by atoms with Crippen LogP contribution in [0.2, 0.25) is 0 Å². The van der Waals surface area contributed by atoms with E-state index in [9.17, 15) is 4.39 Å². The Morgan fingerprint density at radius 3 is 1.90 bits per heavy atom. The summed E-state index contributed by atoms with van der Waals surface area (Å²) in [7, 11) is 0. The first kappa shape index (κ1) is 8.44. The first-order chi connectivity index (χ1) is 4.81. The summed E-state index contributed by atoms with van der Waals surface area (Å²) in [6, 6.07) is 7.94. The van der Waals surface area contributed by atoms with Crippen LogP contribution in [0.15, 0.2) is 30.3 Å². The number of aliphatic hydroxyl groups is 1. The van der Waals surface area contributed by atoms with Crippen LogP contribution in [0.3, 0.4) is 0 Å². The summed E-state index contributed by atoms with van der Waals surface area (Å²) in [4.78, 5) is 0. The second-order valence-corrected chi connectivity index (χ2v) is 1.40. The molecule has 0 unspecified atom stereocenters. The van der Waals surface area contributed by atoms with Crippen molar-refractivity contribution in [3.05, 3.63) is 36.1 Å². The van der Waals surface area contributed by atoms with Crippen molar-refractivity contribution in [1.82, 2.24) is 0 Å². The van der Waals surface area contributed by atoms with Gasteiger partial charge in [-0.1, -0.05) is 18.2 Å². The molecule has 2 nitrogen and oxygen atoms in total. The van der Waals surface area contributed by atoms with Crippen LogP contribution in [0.5, 0.6) is 0 Å². The Bertz CT molecular complexity index is 205. The van der Waals surface area contributed by atoms with Crippen LogP contribution < -0.4 is 0 Å². The molecule has 0 aliphatic heterocycles. The Morgan fingerprint density at radius 2 is 1.70 bits per heavy atom. The largest absolute Gasteiger partial charge is 0.443 e. The molecule has 0 aromatic heterocycles. The van der Waals surface area contributed by atoms with Crippen molar-refractivity contribution < 1.29 is 9.50 Å². The van der Waals surface area contributed by atoms with Crippen molar-refractivity contribution in [2.45, 2.75) is 0 Å². The molecule has 1 aromatic carbocycles. The Morgan fingerprint density at radius 1 is 1.30 bits per heavy atom. The topological polar surface area (TPSA) is 44.0 Å². The van der Waals surface area contributed by atoms with E-state index in [-0.39, 0.29) is 5.82 Å². The lowest BCUT2D eigenvalue weighted by Crippen LogP contribution is -1.63. The molecule has 0 fully saturated rings. The van der Waals surface area contributed by atoms with E-state index in [1.165, 1.54) is 12.1 Å². The Balaban J connectivity index is 0.000000236. The van der Waals surface area contributed by atoms with Crippen molar-refractivity contribution in [2.24, 2.45) is 0 Å². The molecule has 52 valence electrons. The summed E-state index contributed by atoms with van der Waals surface area (Å²) in [5.41, 5.74) is 0. The van der Waals surface area contributed by atoms with Gasteiger partial charge in [-0.25, -0.2) is 4.39 Å². The fraction of sp³-hybridized carbons (Fsp3) is 0. The summed E-state index contributed by atoms with van der Waals surface area (Å²) in [6.45, 7) is 0.